The van der Waals surface area contributed by atoms with E-state index in [1.54, 1.807) is 17.2 Å². The molecule has 104 valence electrons. The van der Waals surface area contributed by atoms with Gasteiger partial charge in [0.05, 0.1) is 12.2 Å². The number of carbonyl (C=O) groups excluding carboxylic acids is 1. The normalized spacial score (nSPS) is 13.8. The SMILES string of the molecule is CC(C)Cn1ccc(C(=O)N2Cc3cncnc3C2)n1. The molecule has 2 aromatic heterocycles. The first-order valence-electron chi connectivity index (χ1n) is 6.74. The summed E-state index contributed by atoms with van der Waals surface area (Å²) in [4.78, 5) is 22.4. The third kappa shape index (κ3) is 2.41. The van der Waals surface area contributed by atoms with E-state index >= 15 is 0 Å². The molecule has 0 saturated carbocycles. The molecule has 0 N–H and O–H groups in total. The summed E-state index contributed by atoms with van der Waals surface area (Å²) in [5.41, 5.74) is 2.43. The van der Waals surface area contributed by atoms with E-state index in [0.717, 1.165) is 17.8 Å². The van der Waals surface area contributed by atoms with Crippen molar-refractivity contribution >= 4 is 5.91 Å². The van der Waals surface area contributed by atoms with Crippen molar-refractivity contribution in [3.63, 3.8) is 0 Å². The number of hydrogen-bond acceptors (Lipinski definition) is 4. The minimum Gasteiger partial charge on any atom is -0.327 e. The molecule has 0 saturated heterocycles. The van der Waals surface area contributed by atoms with Crippen molar-refractivity contribution in [2.45, 2.75) is 33.5 Å². The molecule has 2 aromatic rings. The first-order valence-corrected chi connectivity index (χ1v) is 6.74. The number of fused-ring (bicyclic) bond motifs is 1. The maximum Gasteiger partial charge on any atom is 0.275 e. The Morgan fingerprint density at radius 3 is 3.00 bits per heavy atom. The van der Waals surface area contributed by atoms with Gasteiger partial charge >= 0.3 is 0 Å². The summed E-state index contributed by atoms with van der Waals surface area (Å²) in [6, 6.07) is 1.78. The molecule has 6 nitrogen and oxygen atoms in total. The van der Waals surface area contributed by atoms with Gasteiger partial charge in [0.1, 0.15) is 12.0 Å². The van der Waals surface area contributed by atoms with Gasteiger partial charge in [0.2, 0.25) is 0 Å². The van der Waals surface area contributed by atoms with Crippen LogP contribution >= 0.6 is 0 Å². The van der Waals surface area contributed by atoms with Crippen LogP contribution in [0.2, 0.25) is 0 Å². The van der Waals surface area contributed by atoms with Crippen LogP contribution in [0.4, 0.5) is 0 Å². The van der Waals surface area contributed by atoms with Gasteiger partial charge in [-0.2, -0.15) is 5.10 Å². The smallest absolute Gasteiger partial charge is 0.275 e. The van der Waals surface area contributed by atoms with Gasteiger partial charge in [0, 0.05) is 31.0 Å². The summed E-state index contributed by atoms with van der Waals surface area (Å²) in [6.07, 6.45) is 5.15. The van der Waals surface area contributed by atoms with Crippen molar-refractivity contribution in [2.24, 2.45) is 5.92 Å². The monoisotopic (exact) mass is 271 g/mol. The van der Waals surface area contributed by atoms with Gasteiger partial charge in [-0.15, -0.1) is 0 Å². The average Bonchev–Trinajstić information content (AvgIpc) is 3.03. The lowest BCUT2D eigenvalue weighted by molar-refractivity contribution is 0.0743. The Balaban J connectivity index is 1.73. The molecule has 3 rings (SSSR count). The van der Waals surface area contributed by atoms with Crippen molar-refractivity contribution in [3.05, 3.63) is 41.7 Å². The van der Waals surface area contributed by atoms with Crippen molar-refractivity contribution in [3.8, 4) is 0 Å². The van der Waals surface area contributed by atoms with Gasteiger partial charge in [-0.3, -0.25) is 9.48 Å². The highest BCUT2D eigenvalue weighted by atomic mass is 16.2. The lowest BCUT2D eigenvalue weighted by Gasteiger charge is -2.13. The maximum atomic E-state index is 12.4. The van der Waals surface area contributed by atoms with E-state index in [4.69, 9.17) is 0 Å². The lowest BCUT2D eigenvalue weighted by Crippen LogP contribution is -2.26. The van der Waals surface area contributed by atoms with E-state index in [0.29, 0.717) is 24.7 Å². The number of carbonyl (C=O) groups is 1. The quantitative estimate of drug-likeness (QED) is 0.848. The molecule has 20 heavy (non-hydrogen) atoms. The summed E-state index contributed by atoms with van der Waals surface area (Å²) in [6.45, 7) is 6.16. The Morgan fingerprint density at radius 2 is 2.25 bits per heavy atom. The van der Waals surface area contributed by atoms with Crippen molar-refractivity contribution < 1.29 is 4.79 Å². The second-order valence-corrected chi connectivity index (χ2v) is 5.47. The van der Waals surface area contributed by atoms with Crippen molar-refractivity contribution in [1.82, 2.24) is 24.6 Å². The van der Waals surface area contributed by atoms with Crippen LogP contribution in [0.15, 0.2) is 24.8 Å². The van der Waals surface area contributed by atoms with Crippen LogP contribution in [-0.2, 0) is 19.6 Å². The van der Waals surface area contributed by atoms with E-state index < -0.39 is 0 Å². The van der Waals surface area contributed by atoms with E-state index in [9.17, 15) is 4.79 Å². The van der Waals surface area contributed by atoms with Crippen LogP contribution in [-0.4, -0.2) is 30.6 Å². The Kier molecular flexibility index (Phi) is 3.22. The highest BCUT2D eigenvalue weighted by molar-refractivity contribution is 5.92. The number of amides is 1. The third-order valence-corrected chi connectivity index (χ3v) is 3.28. The Morgan fingerprint density at radius 1 is 1.40 bits per heavy atom. The fourth-order valence-electron chi connectivity index (χ4n) is 2.36. The molecular formula is C14H17N5O. The maximum absolute atomic E-state index is 12.4. The van der Waals surface area contributed by atoms with Gasteiger partial charge in [-0.1, -0.05) is 13.8 Å². The van der Waals surface area contributed by atoms with Crippen LogP contribution in [0.5, 0.6) is 0 Å². The van der Waals surface area contributed by atoms with Gasteiger partial charge in [0.15, 0.2) is 0 Å². The van der Waals surface area contributed by atoms with Crippen molar-refractivity contribution in [2.75, 3.05) is 0 Å². The third-order valence-electron chi connectivity index (χ3n) is 3.28. The molecule has 1 aliphatic heterocycles. The molecule has 0 aromatic carbocycles. The highest BCUT2D eigenvalue weighted by Crippen LogP contribution is 2.21. The topological polar surface area (TPSA) is 63.9 Å². The molecule has 1 amide bonds. The zero-order valence-corrected chi connectivity index (χ0v) is 11.7. The van der Waals surface area contributed by atoms with Gasteiger partial charge in [-0.05, 0) is 12.0 Å². The molecule has 1 aliphatic rings. The molecule has 0 spiro atoms. The van der Waals surface area contributed by atoms with Crippen LogP contribution < -0.4 is 0 Å². The van der Waals surface area contributed by atoms with Crippen LogP contribution in [0.1, 0.15) is 35.6 Å². The minimum atomic E-state index is -0.0505. The first-order chi connectivity index (χ1) is 9.63. The van der Waals surface area contributed by atoms with E-state index in [1.165, 1.54) is 6.33 Å². The van der Waals surface area contributed by atoms with Gasteiger partial charge < -0.3 is 4.90 Å². The zero-order chi connectivity index (χ0) is 14.1. The van der Waals surface area contributed by atoms with E-state index in [1.807, 2.05) is 10.9 Å². The predicted molar refractivity (Wildman–Crippen MR) is 72.7 cm³/mol. The highest BCUT2D eigenvalue weighted by Gasteiger charge is 2.26. The van der Waals surface area contributed by atoms with Crippen LogP contribution in [0.25, 0.3) is 0 Å². The number of rotatable bonds is 3. The molecule has 0 radical (unpaired) electrons. The zero-order valence-electron chi connectivity index (χ0n) is 11.7. The Labute approximate surface area is 117 Å². The fraction of sp³-hybridized carbons (Fsp3) is 0.429. The summed E-state index contributed by atoms with van der Waals surface area (Å²) in [7, 11) is 0. The van der Waals surface area contributed by atoms with Crippen molar-refractivity contribution in [1.29, 1.82) is 0 Å². The Bertz CT molecular complexity index is 609. The summed E-state index contributed by atoms with van der Waals surface area (Å²) < 4.78 is 1.82. The number of nitrogens with zero attached hydrogens (tertiary/aromatic N) is 5. The second kappa shape index (κ2) is 5.03. The molecule has 0 bridgehead atoms. The molecule has 3 heterocycles. The standard InChI is InChI=1S/C14H17N5O/c1-10(2)6-19-4-3-12(17-19)14(20)18-7-11-5-15-9-16-13(11)8-18/h3-5,9-10H,6-8H2,1-2H3. The van der Waals surface area contributed by atoms with Gasteiger partial charge in [0.25, 0.3) is 5.91 Å². The average molecular weight is 271 g/mol. The largest absolute Gasteiger partial charge is 0.327 e. The fourth-order valence-corrected chi connectivity index (χ4v) is 2.36. The molecule has 6 heteroatoms. The summed E-state index contributed by atoms with van der Waals surface area (Å²) in [5, 5.41) is 4.35. The second-order valence-electron chi connectivity index (χ2n) is 5.47. The lowest BCUT2D eigenvalue weighted by atomic mass is 10.2. The molecule has 0 unspecified atom stereocenters. The van der Waals surface area contributed by atoms with Crippen LogP contribution in [0.3, 0.4) is 0 Å². The first kappa shape index (κ1) is 12.8. The van der Waals surface area contributed by atoms with Crippen LogP contribution in [0, 0.1) is 5.92 Å². The number of hydrogen-bond donors (Lipinski definition) is 0. The number of aromatic nitrogens is 4. The molecular weight excluding hydrogens is 254 g/mol. The summed E-state index contributed by atoms with van der Waals surface area (Å²) in [5.74, 6) is 0.453. The van der Waals surface area contributed by atoms with E-state index in [2.05, 4.69) is 28.9 Å². The molecule has 0 fully saturated rings. The molecule has 0 atom stereocenters. The molecule has 0 aliphatic carbocycles. The van der Waals surface area contributed by atoms with E-state index in [-0.39, 0.29) is 5.91 Å². The predicted octanol–water partition coefficient (Wildman–Crippen LogP) is 1.49. The Hall–Kier alpha value is -2.24. The summed E-state index contributed by atoms with van der Waals surface area (Å²) >= 11 is 0. The van der Waals surface area contributed by atoms with Gasteiger partial charge in [-0.25, -0.2) is 9.97 Å². The minimum absolute atomic E-state index is 0.0505.